The van der Waals surface area contributed by atoms with Crippen LogP contribution >= 0.6 is 0 Å². The van der Waals surface area contributed by atoms with E-state index in [1.54, 1.807) is 0 Å². The van der Waals surface area contributed by atoms with Crippen molar-refractivity contribution in [2.24, 2.45) is 0 Å². The van der Waals surface area contributed by atoms with Crippen LogP contribution in [-0.2, 0) is 4.12 Å². The van der Waals surface area contributed by atoms with Gasteiger partial charge in [-0.15, -0.1) is 0 Å². The largest absolute Gasteiger partial charge is 0.429 e. The van der Waals surface area contributed by atoms with Crippen molar-refractivity contribution in [2.75, 3.05) is 0 Å². The lowest BCUT2D eigenvalue weighted by molar-refractivity contribution is 0.394. The number of benzene rings is 2. The zero-order valence-corrected chi connectivity index (χ0v) is 13.6. The molecule has 2 aromatic rings. The molecule has 2 aromatic carbocycles. The summed E-state index contributed by atoms with van der Waals surface area (Å²) in [5, 5.41) is 2.38. The van der Waals surface area contributed by atoms with Gasteiger partial charge in [0.15, 0.2) is 0 Å². The monoisotopic (exact) mass is 288 g/mol. The predicted molar refractivity (Wildman–Crippen MR) is 84.6 cm³/mol. The maximum Gasteiger partial charge on any atom is 0.319 e. The summed E-state index contributed by atoms with van der Waals surface area (Å²) in [5.41, 5.74) is 0. The van der Waals surface area contributed by atoms with Crippen molar-refractivity contribution in [2.45, 2.75) is 19.6 Å². The first-order chi connectivity index (χ1) is 8.92. The number of hydrogen-bond acceptors (Lipinski definition) is 2. The molecule has 0 atom stereocenters. The molecule has 0 saturated heterocycles. The standard InChI is InChI=1S/C15H20O2Si2/c1-18(2,16)17-19(3,14-10-6-4-7-11-14)15-12-8-5-9-13-15/h4-13,16H,1-3H3. The van der Waals surface area contributed by atoms with Crippen LogP contribution in [0.3, 0.4) is 0 Å². The third-order valence-corrected chi connectivity index (χ3v) is 9.60. The summed E-state index contributed by atoms with van der Waals surface area (Å²) in [4.78, 5) is 10.2. The van der Waals surface area contributed by atoms with E-state index < -0.39 is 16.9 Å². The van der Waals surface area contributed by atoms with E-state index >= 15 is 0 Å². The predicted octanol–water partition coefficient (Wildman–Crippen LogP) is 2.09. The molecule has 0 aliphatic carbocycles. The fourth-order valence-corrected chi connectivity index (χ4v) is 9.23. The maximum atomic E-state index is 10.2. The van der Waals surface area contributed by atoms with Gasteiger partial charge in [-0.25, -0.2) is 0 Å². The van der Waals surface area contributed by atoms with Crippen LogP contribution in [0.1, 0.15) is 0 Å². The fraction of sp³-hybridized carbons (Fsp3) is 0.200. The van der Waals surface area contributed by atoms with E-state index in [0.717, 1.165) is 0 Å². The topological polar surface area (TPSA) is 29.5 Å². The Bertz CT molecular complexity index is 481. The Labute approximate surface area is 117 Å². The van der Waals surface area contributed by atoms with Crippen molar-refractivity contribution >= 4 is 27.3 Å². The minimum Gasteiger partial charge on any atom is -0.429 e. The first-order valence-electron chi connectivity index (χ1n) is 6.45. The average molecular weight is 288 g/mol. The van der Waals surface area contributed by atoms with Gasteiger partial charge in [0.2, 0.25) is 8.32 Å². The molecule has 0 bridgehead atoms. The summed E-state index contributed by atoms with van der Waals surface area (Å²) in [6.45, 7) is 5.80. The van der Waals surface area contributed by atoms with E-state index in [9.17, 15) is 4.80 Å². The molecule has 0 spiro atoms. The van der Waals surface area contributed by atoms with Gasteiger partial charge in [-0.3, -0.25) is 0 Å². The van der Waals surface area contributed by atoms with Crippen molar-refractivity contribution in [1.82, 2.24) is 0 Å². The van der Waals surface area contributed by atoms with Gasteiger partial charge >= 0.3 is 8.56 Å². The summed E-state index contributed by atoms with van der Waals surface area (Å²) in [5.74, 6) is 0. The Kier molecular flexibility index (Phi) is 4.06. The van der Waals surface area contributed by atoms with Crippen LogP contribution in [0.4, 0.5) is 0 Å². The summed E-state index contributed by atoms with van der Waals surface area (Å²) >= 11 is 0. The molecule has 0 radical (unpaired) electrons. The number of hydrogen-bond donors (Lipinski definition) is 1. The minimum absolute atomic E-state index is 1.19. The van der Waals surface area contributed by atoms with Gasteiger partial charge < -0.3 is 8.91 Å². The van der Waals surface area contributed by atoms with E-state index in [0.29, 0.717) is 0 Å². The molecule has 19 heavy (non-hydrogen) atoms. The lowest BCUT2D eigenvalue weighted by Crippen LogP contribution is -2.63. The number of rotatable bonds is 4. The Morgan fingerprint density at radius 3 is 1.42 bits per heavy atom. The SMILES string of the molecule is C[Si](C)(O)O[Si](C)(c1ccccc1)c1ccccc1. The molecule has 0 aliphatic rings. The molecule has 4 heteroatoms. The van der Waals surface area contributed by atoms with Gasteiger partial charge in [0.05, 0.1) is 0 Å². The Morgan fingerprint density at radius 1 is 0.737 bits per heavy atom. The van der Waals surface area contributed by atoms with Crippen LogP contribution in [0.25, 0.3) is 0 Å². The first-order valence-corrected chi connectivity index (χ1v) is 11.7. The Hall–Kier alpha value is -1.21. The molecule has 0 heterocycles. The zero-order valence-electron chi connectivity index (χ0n) is 11.6. The van der Waals surface area contributed by atoms with Gasteiger partial charge in [0.1, 0.15) is 0 Å². The Morgan fingerprint density at radius 2 is 1.11 bits per heavy atom. The van der Waals surface area contributed by atoms with Gasteiger partial charge in [-0.05, 0) is 30.0 Å². The quantitative estimate of drug-likeness (QED) is 0.873. The highest BCUT2D eigenvalue weighted by atomic mass is 28.4. The van der Waals surface area contributed by atoms with E-state index in [2.05, 4.69) is 30.8 Å². The van der Waals surface area contributed by atoms with Crippen molar-refractivity contribution in [3.05, 3.63) is 60.7 Å². The second-order valence-electron chi connectivity index (χ2n) is 5.31. The summed E-state index contributed by atoms with van der Waals surface area (Å²) < 4.78 is 6.23. The second kappa shape index (κ2) is 5.42. The molecular weight excluding hydrogens is 268 g/mol. The lowest BCUT2D eigenvalue weighted by atomic mass is 10.4. The van der Waals surface area contributed by atoms with Crippen LogP contribution in [0, 0.1) is 0 Å². The molecule has 0 unspecified atom stereocenters. The normalized spacial score (nSPS) is 12.4. The second-order valence-corrected chi connectivity index (χ2v) is 12.2. The van der Waals surface area contributed by atoms with Gasteiger partial charge in [0, 0.05) is 0 Å². The van der Waals surface area contributed by atoms with Crippen molar-refractivity contribution in [1.29, 1.82) is 0 Å². The van der Waals surface area contributed by atoms with Crippen LogP contribution in [-0.4, -0.2) is 21.7 Å². The molecule has 0 aromatic heterocycles. The van der Waals surface area contributed by atoms with Crippen LogP contribution < -0.4 is 10.4 Å². The fourth-order valence-electron chi connectivity index (χ4n) is 2.30. The molecule has 0 fully saturated rings. The van der Waals surface area contributed by atoms with E-state index in [1.807, 2.05) is 49.5 Å². The summed E-state index contributed by atoms with van der Waals surface area (Å²) in [6.07, 6.45) is 0. The maximum absolute atomic E-state index is 10.2. The smallest absolute Gasteiger partial charge is 0.319 e. The van der Waals surface area contributed by atoms with E-state index in [-0.39, 0.29) is 0 Å². The van der Waals surface area contributed by atoms with Crippen LogP contribution in [0.5, 0.6) is 0 Å². The third-order valence-electron chi connectivity index (χ3n) is 3.10. The van der Waals surface area contributed by atoms with Gasteiger partial charge in [-0.2, -0.15) is 0 Å². The highest BCUT2D eigenvalue weighted by Gasteiger charge is 2.39. The molecule has 0 saturated carbocycles. The molecule has 1 N–H and O–H groups in total. The molecule has 2 rings (SSSR count). The molecule has 100 valence electrons. The first kappa shape index (κ1) is 14.2. The highest BCUT2D eigenvalue weighted by Crippen LogP contribution is 2.13. The minimum atomic E-state index is -2.60. The molecular formula is C15H20O2Si2. The highest BCUT2D eigenvalue weighted by molar-refractivity contribution is 7.00. The van der Waals surface area contributed by atoms with Crippen molar-refractivity contribution in [3.8, 4) is 0 Å². The van der Waals surface area contributed by atoms with Crippen molar-refractivity contribution < 1.29 is 8.91 Å². The van der Waals surface area contributed by atoms with Gasteiger partial charge in [-0.1, -0.05) is 60.7 Å². The molecule has 0 aliphatic heterocycles. The lowest BCUT2D eigenvalue weighted by Gasteiger charge is -2.33. The summed E-state index contributed by atoms with van der Waals surface area (Å²) in [7, 11) is -4.92. The van der Waals surface area contributed by atoms with E-state index in [4.69, 9.17) is 4.12 Å². The third kappa shape index (κ3) is 3.42. The average Bonchev–Trinajstić information content (AvgIpc) is 2.39. The molecule has 2 nitrogen and oxygen atoms in total. The van der Waals surface area contributed by atoms with Gasteiger partial charge in [0.25, 0.3) is 0 Å². The van der Waals surface area contributed by atoms with Crippen LogP contribution in [0.15, 0.2) is 60.7 Å². The Balaban J connectivity index is 2.51. The molecule has 0 amide bonds. The summed E-state index contributed by atoms with van der Waals surface area (Å²) in [6, 6.07) is 20.5. The van der Waals surface area contributed by atoms with Crippen LogP contribution in [0.2, 0.25) is 19.6 Å². The zero-order chi connectivity index (χ0) is 13.9. The van der Waals surface area contributed by atoms with E-state index in [1.165, 1.54) is 10.4 Å². The van der Waals surface area contributed by atoms with Crippen molar-refractivity contribution in [3.63, 3.8) is 0 Å².